The molecule has 19 heavy (non-hydrogen) atoms. The number of benzene rings is 1. The number of fused-ring (bicyclic) bond motifs is 1. The van der Waals surface area contributed by atoms with Crippen molar-refractivity contribution >= 4 is 17.3 Å². The summed E-state index contributed by atoms with van der Waals surface area (Å²) in [5.74, 6) is 0.461. The Kier molecular flexibility index (Phi) is 2.56. The summed E-state index contributed by atoms with van der Waals surface area (Å²) in [4.78, 5) is 16.2. The highest BCUT2D eigenvalue weighted by Gasteiger charge is 2.12. The van der Waals surface area contributed by atoms with E-state index in [1.807, 2.05) is 44.2 Å². The molecule has 96 valence electrons. The number of aryl methyl sites for hydroxylation is 2. The molecule has 0 amide bonds. The number of anilines is 2. The molecule has 0 unspecified atom stereocenters. The van der Waals surface area contributed by atoms with E-state index >= 15 is 0 Å². The lowest BCUT2D eigenvalue weighted by Gasteiger charge is -2.09. The first-order valence-corrected chi connectivity index (χ1v) is 5.93. The van der Waals surface area contributed by atoms with Gasteiger partial charge in [0.15, 0.2) is 5.65 Å². The molecule has 0 aliphatic carbocycles. The summed E-state index contributed by atoms with van der Waals surface area (Å²) in [6, 6.07) is 9.58. The molecule has 0 bridgehead atoms. The van der Waals surface area contributed by atoms with Gasteiger partial charge in [-0.25, -0.2) is 19.3 Å². The molecule has 6 heteroatoms. The predicted molar refractivity (Wildman–Crippen MR) is 72.8 cm³/mol. The molecule has 0 spiro atoms. The third-order valence-electron chi connectivity index (χ3n) is 3.07. The van der Waals surface area contributed by atoms with E-state index in [0.717, 1.165) is 16.9 Å². The van der Waals surface area contributed by atoms with Crippen molar-refractivity contribution < 1.29 is 0 Å². The van der Waals surface area contributed by atoms with Crippen LogP contribution in [0.25, 0.3) is 5.65 Å². The highest BCUT2D eigenvalue weighted by atomic mass is 16.1. The minimum atomic E-state index is -0.302. The summed E-state index contributed by atoms with van der Waals surface area (Å²) in [7, 11) is 0. The SMILES string of the molecule is Cc1nc(Nc2ccccc2)n2c(=O)[nH]nc2c1C. The van der Waals surface area contributed by atoms with Gasteiger partial charge in [-0.3, -0.25) is 0 Å². The number of hydrogen-bond donors (Lipinski definition) is 2. The number of H-pyrrole nitrogens is 1. The molecule has 2 heterocycles. The molecule has 0 aliphatic rings. The Morgan fingerprint density at radius 2 is 1.95 bits per heavy atom. The van der Waals surface area contributed by atoms with Gasteiger partial charge in [-0.05, 0) is 26.0 Å². The van der Waals surface area contributed by atoms with Gasteiger partial charge in [0.2, 0.25) is 5.95 Å². The molecule has 0 aliphatic heterocycles. The molecule has 0 radical (unpaired) electrons. The quantitative estimate of drug-likeness (QED) is 0.732. The fraction of sp³-hybridized carbons (Fsp3) is 0.154. The van der Waals surface area contributed by atoms with Crippen molar-refractivity contribution in [3.05, 3.63) is 52.1 Å². The summed E-state index contributed by atoms with van der Waals surface area (Å²) in [6.07, 6.45) is 0. The van der Waals surface area contributed by atoms with Gasteiger partial charge in [0.05, 0.1) is 0 Å². The van der Waals surface area contributed by atoms with Crippen molar-refractivity contribution in [1.82, 2.24) is 19.6 Å². The third-order valence-corrected chi connectivity index (χ3v) is 3.07. The van der Waals surface area contributed by atoms with Gasteiger partial charge in [0.25, 0.3) is 0 Å². The molecule has 0 atom stereocenters. The molecule has 1 aromatic carbocycles. The predicted octanol–water partition coefficient (Wildman–Crippen LogP) is 1.78. The standard InChI is InChI=1S/C13H13N5O/c1-8-9(2)14-12(15-10-6-4-3-5-7-10)18-11(8)16-17-13(18)19/h3-7H,1-2H3,(H,14,15)(H,17,19). The van der Waals surface area contributed by atoms with E-state index in [9.17, 15) is 4.79 Å². The van der Waals surface area contributed by atoms with E-state index in [2.05, 4.69) is 20.5 Å². The first kappa shape index (κ1) is 11.5. The first-order chi connectivity index (χ1) is 9.16. The highest BCUT2D eigenvalue weighted by molar-refractivity contribution is 5.59. The van der Waals surface area contributed by atoms with E-state index in [1.165, 1.54) is 4.40 Å². The first-order valence-electron chi connectivity index (χ1n) is 5.93. The number of aromatic amines is 1. The molecule has 0 saturated carbocycles. The fourth-order valence-electron chi connectivity index (χ4n) is 1.93. The van der Waals surface area contributed by atoms with Gasteiger partial charge in [0, 0.05) is 16.9 Å². The Morgan fingerprint density at radius 1 is 1.21 bits per heavy atom. The van der Waals surface area contributed by atoms with Crippen LogP contribution in [0.1, 0.15) is 11.3 Å². The van der Waals surface area contributed by atoms with Gasteiger partial charge in [0.1, 0.15) is 0 Å². The Balaban J connectivity index is 2.21. The number of nitrogens with zero attached hydrogens (tertiary/aromatic N) is 3. The summed E-state index contributed by atoms with van der Waals surface area (Å²) >= 11 is 0. The van der Waals surface area contributed by atoms with Crippen LogP contribution in [0.15, 0.2) is 35.1 Å². The summed E-state index contributed by atoms with van der Waals surface area (Å²) in [6.45, 7) is 3.79. The minimum Gasteiger partial charge on any atom is -0.325 e. The van der Waals surface area contributed by atoms with Crippen LogP contribution < -0.4 is 11.0 Å². The van der Waals surface area contributed by atoms with Crippen LogP contribution in [0.3, 0.4) is 0 Å². The molecule has 2 aromatic heterocycles. The average molecular weight is 255 g/mol. The lowest BCUT2D eigenvalue weighted by atomic mass is 10.2. The van der Waals surface area contributed by atoms with Crippen LogP contribution in [0.5, 0.6) is 0 Å². The zero-order chi connectivity index (χ0) is 13.4. The van der Waals surface area contributed by atoms with Gasteiger partial charge in [-0.2, -0.15) is 5.10 Å². The molecule has 3 rings (SSSR count). The third kappa shape index (κ3) is 1.87. The molecular weight excluding hydrogens is 242 g/mol. The van der Waals surface area contributed by atoms with Crippen LogP contribution in [-0.2, 0) is 0 Å². The Morgan fingerprint density at radius 3 is 2.68 bits per heavy atom. The zero-order valence-electron chi connectivity index (χ0n) is 10.6. The Labute approximate surface area is 109 Å². The van der Waals surface area contributed by atoms with Crippen LogP contribution in [0.2, 0.25) is 0 Å². The molecule has 0 fully saturated rings. The van der Waals surface area contributed by atoms with E-state index in [4.69, 9.17) is 0 Å². The number of rotatable bonds is 2. The summed E-state index contributed by atoms with van der Waals surface area (Å²) in [5.41, 5.74) is 2.88. The molecule has 2 N–H and O–H groups in total. The topological polar surface area (TPSA) is 75.1 Å². The van der Waals surface area contributed by atoms with Crippen molar-refractivity contribution in [3.63, 3.8) is 0 Å². The van der Waals surface area contributed by atoms with Crippen molar-refractivity contribution in [1.29, 1.82) is 0 Å². The number of nitrogens with one attached hydrogen (secondary N) is 2. The Hall–Kier alpha value is -2.63. The van der Waals surface area contributed by atoms with E-state index in [0.29, 0.717) is 11.6 Å². The lowest BCUT2D eigenvalue weighted by Crippen LogP contribution is -2.15. The van der Waals surface area contributed by atoms with Crippen LogP contribution in [0.4, 0.5) is 11.6 Å². The van der Waals surface area contributed by atoms with Crippen LogP contribution in [-0.4, -0.2) is 19.6 Å². The van der Waals surface area contributed by atoms with Gasteiger partial charge in [-0.15, -0.1) is 0 Å². The normalized spacial score (nSPS) is 10.8. The smallest absolute Gasteiger partial charge is 0.325 e. The maximum atomic E-state index is 11.8. The number of aromatic nitrogens is 4. The Bertz CT molecular complexity index is 788. The molecular formula is C13H13N5O. The van der Waals surface area contributed by atoms with E-state index in [1.54, 1.807) is 0 Å². The molecule has 0 saturated heterocycles. The summed E-state index contributed by atoms with van der Waals surface area (Å²) < 4.78 is 1.44. The van der Waals surface area contributed by atoms with E-state index in [-0.39, 0.29) is 5.69 Å². The maximum absolute atomic E-state index is 11.8. The van der Waals surface area contributed by atoms with Crippen molar-refractivity contribution in [3.8, 4) is 0 Å². The second kappa shape index (κ2) is 4.24. The van der Waals surface area contributed by atoms with Gasteiger partial charge < -0.3 is 5.32 Å². The molecule has 3 aromatic rings. The monoisotopic (exact) mass is 255 g/mol. The van der Waals surface area contributed by atoms with Crippen LogP contribution in [0, 0.1) is 13.8 Å². The van der Waals surface area contributed by atoms with Crippen LogP contribution >= 0.6 is 0 Å². The lowest BCUT2D eigenvalue weighted by molar-refractivity contribution is 0.984. The second-order valence-corrected chi connectivity index (χ2v) is 4.32. The fourth-order valence-corrected chi connectivity index (χ4v) is 1.93. The highest BCUT2D eigenvalue weighted by Crippen LogP contribution is 2.17. The van der Waals surface area contributed by atoms with Gasteiger partial charge >= 0.3 is 5.69 Å². The van der Waals surface area contributed by atoms with E-state index < -0.39 is 0 Å². The van der Waals surface area contributed by atoms with Gasteiger partial charge in [-0.1, -0.05) is 18.2 Å². The largest absolute Gasteiger partial charge is 0.350 e. The minimum absolute atomic E-state index is 0.302. The molecule has 6 nitrogen and oxygen atoms in total. The average Bonchev–Trinajstić information content (AvgIpc) is 2.79. The maximum Gasteiger partial charge on any atom is 0.350 e. The number of para-hydroxylation sites is 1. The summed E-state index contributed by atoms with van der Waals surface area (Å²) in [5, 5.41) is 9.61. The van der Waals surface area contributed by atoms with Crippen molar-refractivity contribution in [2.45, 2.75) is 13.8 Å². The zero-order valence-corrected chi connectivity index (χ0v) is 10.6. The van der Waals surface area contributed by atoms with Crippen molar-refractivity contribution in [2.75, 3.05) is 5.32 Å². The second-order valence-electron chi connectivity index (χ2n) is 4.32. The van der Waals surface area contributed by atoms with Crippen molar-refractivity contribution in [2.24, 2.45) is 0 Å². The number of hydrogen-bond acceptors (Lipinski definition) is 4.